The summed E-state index contributed by atoms with van der Waals surface area (Å²) >= 11 is 0. The van der Waals surface area contributed by atoms with E-state index in [-0.39, 0.29) is 11.7 Å². The molecule has 0 heterocycles. The molecule has 5 nitrogen and oxygen atoms in total. The highest BCUT2D eigenvalue weighted by Crippen LogP contribution is 2.31. The number of rotatable bonds is 6. The van der Waals surface area contributed by atoms with Crippen molar-refractivity contribution in [1.82, 2.24) is 5.32 Å². The Kier molecular flexibility index (Phi) is 3.91. The van der Waals surface area contributed by atoms with Crippen LogP contribution >= 0.6 is 0 Å². The van der Waals surface area contributed by atoms with Gasteiger partial charge in [-0.15, -0.1) is 0 Å². The number of nitrogens with two attached hydrogens (primary N) is 1. The molecule has 0 spiro atoms. The minimum Gasteiger partial charge on any atom is -0.354 e. The Bertz CT molecular complexity index is 551. The predicted octanol–water partition coefficient (Wildman–Crippen LogP) is 0.458. The fourth-order valence-corrected chi connectivity index (χ4v) is 3.08. The zero-order valence-corrected chi connectivity index (χ0v) is 11.4. The van der Waals surface area contributed by atoms with Crippen molar-refractivity contribution < 1.29 is 13.2 Å². The highest BCUT2D eigenvalue weighted by molar-refractivity contribution is 7.91. The molecule has 19 heavy (non-hydrogen) atoms. The number of benzene rings is 1. The quantitative estimate of drug-likeness (QED) is 0.742. The van der Waals surface area contributed by atoms with Crippen molar-refractivity contribution in [3.8, 4) is 0 Å². The van der Waals surface area contributed by atoms with Gasteiger partial charge in [0.15, 0.2) is 9.84 Å². The average Bonchev–Trinajstić information content (AvgIpc) is 3.15. The molecule has 3 N–H and O–H groups in total. The maximum atomic E-state index is 11.9. The van der Waals surface area contributed by atoms with Crippen molar-refractivity contribution in [3.05, 3.63) is 30.3 Å². The Labute approximate surface area is 113 Å². The topological polar surface area (TPSA) is 89.3 Å². The lowest BCUT2D eigenvalue weighted by Crippen LogP contribution is -2.43. The Morgan fingerprint density at radius 1 is 1.26 bits per heavy atom. The molecule has 1 aliphatic rings. The van der Waals surface area contributed by atoms with Gasteiger partial charge in [-0.05, 0) is 31.4 Å². The molecule has 1 saturated carbocycles. The molecule has 0 aliphatic heterocycles. The summed E-state index contributed by atoms with van der Waals surface area (Å²) in [5.41, 5.74) is 5.02. The molecule has 0 aromatic heterocycles. The Morgan fingerprint density at radius 2 is 1.89 bits per heavy atom. The molecular formula is C13H18N2O3S. The van der Waals surface area contributed by atoms with Gasteiger partial charge in [-0.3, -0.25) is 4.79 Å². The second-order valence-electron chi connectivity index (χ2n) is 4.90. The highest BCUT2D eigenvalue weighted by Gasteiger charge is 2.45. The molecule has 0 atom stereocenters. The van der Waals surface area contributed by atoms with E-state index in [2.05, 4.69) is 5.32 Å². The normalized spacial score (nSPS) is 16.9. The van der Waals surface area contributed by atoms with Gasteiger partial charge in [0.2, 0.25) is 5.91 Å². The summed E-state index contributed by atoms with van der Waals surface area (Å²) in [4.78, 5) is 11.9. The SMILES string of the molecule is NC1(C(=O)NCCCS(=O)(=O)c2ccccc2)CC1. The van der Waals surface area contributed by atoms with Crippen LogP contribution in [-0.2, 0) is 14.6 Å². The van der Waals surface area contributed by atoms with Crippen molar-refractivity contribution in [1.29, 1.82) is 0 Å². The number of carbonyl (C=O) groups is 1. The lowest BCUT2D eigenvalue weighted by Gasteiger charge is -2.10. The monoisotopic (exact) mass is 282 g/mol. The van der Waals surface area contributed by atoms with E-state index in [0.717, 1.165) is 0 Å². The molecule has 0 radical (unpaired) electrons. The Morgan fingerprint density at radius 3 is 2.47 bits per heavy atom. The van der Waals surface area contributed by atoms with Gasteiger partial charge in [-0.25, -0.2) is 8.42 Å². The Balaban J connectivity index is 1.78. The van der Waals surface area contributed by atoms with Crippen LogP contribution in [0.4, 0.5) is 0 Å². The van der Waals surface area contributed by atoms with E-state index in [0.29, 0.717) is 30.7 Å². The molecule has 0 bridgehead atoms. The van der Waals surface area contributed by atoms with E-state index in [1.807, 2.05) is 0 Å². The van der Waals surface area contributed by atoms with Crippen LogP contribution in [0.25, 0.3) is 0 Å². The van der Waals surface area contributed by atoms with Gasteiger partial charge in [-0.2, -0.15) is 0 Å². The number of hydrogen-bond acceptors (Lipinski definition) is 4. The van der Waals surface area contributed by atoms with Crippen LogP contribution in [0.5, 0.6) is 0 Å². The van der Waals surface area contributed by atoms with Gasteiger partial charge < -0.3 is 11.1 Å². The molecule has 1 amide bonds. The van der Waals surface area contributed by atoms with E-state index in [1.165, 1.54) is 0 Å². The van der Waals surface area contributed by atoms with Gasteiger partial charge in [0.1, 0.15) is 0 Å². The van der Waals surface area contributed by atoms with Gasteiger partial charge >= 0.3 is 0 Å². The summed E-state index contributed by atoms with van der Waals surface area (Å²) in [6.45, 7) is 0.337. The zero-order chi connectivity index (χ0) is 13.9. The summed E-state index contributed by atoms with van der Waals surface area (Å²) in [5, 5.41) is 2.68. The first kappa shape index (κ1) is 14.0. The van der Waals surface area contributed by atoms with E-state index < -0.39 is 15.4 Å². The second kappa shape index (κ2) is 5.30. The van der Waals surface area contributed by atoms with Crippen molar-refractivity contribution >= 4 is 15.7 Å². The third-order valence-corrected chi connectivity index (χ3v) is 5.04. The number of sulfone groups is 1. The van der Waals surface area contributed by atoms with E-state index in [4.69, 9.17) is 5.73 Å². The van der Waals surface area contributed by atoms with Gasteiger partial charge in [0.05, 0.1) is 16.2 Å². The maximum Gasteiger partial charge on any atom is 0.240 e. The highest BCUT2D eigenvalue weighted by atomic mass is 32.2. The van der Waals surface area contributed by atoms with Crippen molar-refractivity contribution in [2.24, 2.45) is 5.73 Å². The maximum absolute atomic E-state index is 11.9. The van der Waals surface area contributed by atoms with E-state index in [9.17, 15) is 13.2 Å². The standard InChI is InChI=1S/C13H18N2O3S/c14-13(7-8-13)12(16)15-9-4-10-19(17,18)11-5-2-1-3-6-11/h1-3,5-6H,4,7-10,14H2,(H,15,16). The summed E-state index contributed by atoms with van der Waals surface area (Å²) < 4.78 is 23.9. The van der Waals surface area contributed by atoms with Gasteiger partial charge in [0, 0.05) is 6.54 Å². The predicted molar refractivity (Wildman–Crippen MR) is 72.3 cm³/mol. The number of hydrogen-bond donors (Lipinski definition) is 2. The number of nitrogens with one attached hydrogen (secondary N) is 1. The molecule has 1 aliphatic carbocycles. The summed E-state index contributed by atoms with van der Waals surface area (Å²) in [7, 11) is -3.26. The largest absolute Gasteiger partial charge is 0.354 e. The van der Waals surface area contributed by atoms with Crippen LogP contribution < -0.4 is 11.1 Å². The Hall–Kier alpha value is -1.40. The summed E-state index contributed by atoms with van der Waals surface area (Å²) in [6.07, 6.45) is 1.81. The van der Waals surface area contributed by atoms with Crippen LogP contribution in [0.2, 0.25) is 0 Å². The fraction of sp³-hybridized carbons (Fsp3) is 0.462. The lowest BCUT2D eigenvalue weighted by atomic mass is 10.3. The smallest absolute Gasteiger partial charge is 0.240 e. The summed E-state index contributed by atoms with van der Waals surface area (Å²) in [6, 6.07) is 8.31. The van der Waals surface area contributed by atoms with Crippen LogP contribution in [0.3, 0.4) is 0 Å². The first-order chi connectivity index (χ1) is 8.94. The zero-order valence-electron chi connectivity index (χ0n) is 10.6. The number of amides is 1. The number of carbonyl (C=O) groups excluding carboxylic acids is 1. The van der Waals surface area contributed by atoms with Crippen molar-refractivity contribution in [3.63, 3.8) is 0 Å². The first-order valence-electron chi connectivity index (χ1n) is 6.29. The fourth-order valence-electron chi connectivity index (χ4n) is 1.75. The summed E-state index contributed by atoms with van der Waals surface area (Å²) in [5.74, 6) is -0.154. The minimum atomic E-state index is -3.26. The van der Waals surface area contributed by atoms with Gasteiger partial charge in [0.25, 0.3) is 0 Å². The van der Waals surface area contributed by atoms with Crippen LogP contribution in [0.1, 0.15) is 19.3 Å². The van der Waals surface area contributed by atoms with E-state index >= 15 is 0 Å². The molecule has 1 fully saturated rings. The van der Waals surface area contributed by atoms with E-state index in [1.54, 1.807) is 30.3 Å². The molecular weight excluding hydrogens is 264 g/mol. The molecule has 6 heteroatoms. The van der Waals surface area contributed by atoms with Gasteiger partial charge in [-0.1, -0.05) is 18.2 Å². The van der Waals surface area contributed by atoms with Crippen LogP contribution in [0.15, 0.2) is 35.2 Å². The van der Waals surface area contributed by atoms with Crippen LogP contribution in [-0.4, -0.2) is 32.2 Å². The molecule has 0 saturated heterocycles. The second-order valence-corrected chi connectivity index (χ2v) is 7.01. The van der Waals surface area contributed by atoms with Crippen molar-refractivity contribution in [2.45, 2.75) is 29.7 Å². The minimum absolute atomic E-state index is 0.0227. The molecule has 1 aromatic carbocycles. The van der Waals surface area contributed by atoms with Crippen molar-refractivity contribution in [2.75, 3.05) is 12.3 Å². The molecule has 1 aromatic rings. The molecule has 104 valence electrons. The third kappa shape index (κ3) is 3.54. The average molecular weight is 282 g/mol. The lowest BCUT2D eigenvalue weighted by molar-refractivity contribution is -0.123. The van der Waals surface area contributed by atoms with Crippen LogP contribution in [0, 0.1) is 0 Å². The third-order valence-electron chi connectivity index (χ3n) is 3.22. The first-order valence-corrected chi connectivity index (χ1v) is 7.94. The molecule has 2 rings (SSSR count). The molecule has 0 unspecified atom stereocenters.